The number of anilines is 1. The monoisotopic (exact) mass is 431 g/mol. The lowest BCUT2D eigenvalue weighted by molar-refractivity contribution is -0.438. The Bertz CT molecular complexity index is 1230. The van der Waals surface area contributed by atoms with Gasteiger partial charge in [-0.1, -0.05) is 6.08 Å². The van der Waals surface area contributed by atoms with E-state index in [1.165, 1.54) is 5.70 Å². The predicted octanol–water partition coefficient (Wildman–Crippen LogP) is 3.76. The van der Waals surface area contributed by atoms with Crippen molar-refractivity contribution in [2.24, 2.45) is 10.9 Å². The highest BCUT2D eigenvalue weighted by Gasteiger charge is 2.25. The molecule has 1 saturated heterocycles. The van der Waals surface area contributed by atoms with Crippen molar-refractivity contribution in [3.63, 3.8) is 0 Å². The fourth-order valence-corrected chi connectivity index (χ4v) is 4.77. The van der Waals surface area contributed by atoms with Crippen LogP contribution in [0.1, 0.15) is 31.7 Å². The summed E-state index contributed by atoms with van der Waals surface area (Å²) in [4.78, 5) is 22.6. The minimum Gasteiger partial charge on any atom is -0.422 e. The lowest BCUT2D eigenvalue weighted by Gasteiger charge is -2.23. The maximum absolute atomic E-state index is 13.0. The molecule has 3 aliphatic heterocycles. The normalized spacial score (nSPS) is 22.3. The van der Waals surface area contributed by atoms with Crippen molar-refractivity contribution in [1.82, 2.24) is 4.90 Å². The summed E-state index contributed by atoms with van der Waals surface area (Å²) in [5.74, 6) is 0.294. The second-order valence-electron chi connectivity index (χ2n) is 9.17. The largest absolute Gasteiger partial charge is 0.422 e. The van der Waals surface area contributed by atoms with E-state index in [1.807, 2.05) is 19.2 Å². The number of hydrogen-bond donors (Lipinski definition) is 0. The Kier molecular flexibility index (Phi) is 5.55. The van der Waals surface area contributed by atoms with Gasteiger partial charge >= 0.3 is 5.63 Å². The van der Waals surface area contributed by atoms with Crippen molar-refractivity contribution >= 4 is 34.3 Å². The minimum absolute atomic E-state index is 0.294. The molecule has 0 radical (unpaired) electrons. The molecule has 3 aliphatic rings. The zero-order valence-corrected chi connectivity index (χ0v) is 19.2. The number of likely N-dealkylation sites (N-methyl/N-ethyl adjacent to an activating group) is 1. The zero-order valence-electron chi connectivity index (χ0n) is 19.2. The van der Waals surface area contributed by atoms with Gasteiger partial charge in [-0.2, -0.15) is 0 Å². The van der Waals surface area contributed by atoms with Gasteiger partial charge in [-0.25, -0.2) is 14.4 Å². The first kappa shape index (κ1) is 20.9. The third kappa shape index (κ3) is 4.07. The van der Waals surface area contributed by atoms with Gasteiger partial charge in [0.1, 0.15) is 18.3 Å². The van der Waals surface area contributed by atoms with E-state index in [2.05, 4.69) is 58.8 Å². The zero-order chi connectivity index (χ0) is 22.2. The maximum atomic E-state index is 13.0. The molecule has 1 fully saturated rings. The number of hydrogen-bond acceptors (Lipinski definition) is 5. The number of allylic oxidation sites excluding steroid dienone is 3. The van der Waals surface area contributed by atoms with Gasteiger partial charge in [-0.05, 0) is 57.1 Å². The van der Waals surface area contributed by atoms with Crippen molar-refractivity contribution in [2.75, 3.05) is 45.2 Å². The molecular weight excluding hydrogens is 400 g/mol. The van der Waals surface area contributed by atoms with Crippen LogP contribution in [0.15, 0.2) is 56.3 Å². The van der Waals surface area contributed by atoms with Crippen molar-refractivity contribution in [3.8, 4) is 0 Å². The predicted molar refractivity (Wildman–Crippen MR) is 131 cm³/mol. The van der Waals surface area contributed by atoms with E-state index in [4.69, 9.17) is 9.41 Å². The Labute approximate surface area is 188 Å². The molecule has 0 saturated carbocycles. The summed E-state index contributed by atoms with van der Waals surface area (Å²) >= 11 is 0. The summed E-state index contributed by atoms with van der Waals surface area (Å²) < 4.78 is 7.90. The van der Waals surface area contributed by atoms with Gasteiger partial charge < -0.3 is 14.2 Å². The van der Waals surface area contributed by atoms with Crippen molar-refractivity contribution in [3.05, 3.63) is 58.1 Å². The second-order valence-corrected chi connectivity index (χ2v) is 9.17. The van der Waals surface area contributed by atoms with Crippen LogP contribution in [0.3, 0.4) is 0 Å². The first-order valence-electron chi connectivity index (χ1n) is 11.5. The van der Waals surface area contributed by atoms with Crippen LogP contribution in [0.25, 0.3) is 16.7 Å². The number of rotatable bonds is 2. The average molecular weight is 432 g/mol. The third-order valence-electron chi connectivity index (χ3n) is 6.85. The molecule has 1 aromatic heterocycles. The molecule has 1 aromatic carbocycles. The van der Waals surface area contributed by atoms with Crippen LogP contribution < -0.4 is 10.5 Å². The molecular formula is C26H31N4O2+. The summed E-state index contributed by atoms with van der Waals surface area (Å²) in [6, 6.07) is 8.14. The first-order valence-corrected chi connectivity index (χ1v) is 11.5. The quantitative estimate of drug-likeness (QED) is 0.537. The van der Waals surface area contributed by atoms with Crippen molar-refractivity contribution < 1.29 is 8.99 Å². The maximum Gasteiger partial charge on any atom is 0.345 e. The van der Waals surface area contributed by atoms with Gasteiger partial charge in [0.25, 0.3) is 0 Å². The second kappa shape index (κ2) is 8.51. The molecule has 166 valence electrons. The number of aliphatic imine (C=N–C) groups is 1. The van der Waals surface area contributed by atoms with Crippen LogP contribution >= 0.6 is 0 Å². The van der Waals surface area contributed by atoms with Crippen molar-refractivity contribution in [2.45, 2.75) is 26.2 Å². The average Bonchev–Trinajstić information content (AvgIpc) is 3.11. The molecule has 4 heterocycles. The topological polar surface area (TPSA) is 52.1 Å². The van der Waals surface area contributed by atoms with Crippen LogP contribution in [-0.4, -0.2) is 61.7 Å². The van der Waals surface area contributed by atoms with E-state index in [9.17, 15) is 4.79 Å². The standard InChI is InChI=1S/C26H31N4O2/c1-18-14-19-6-4-7-23(27-24(19)17-29(18)3)22-15-20-8-9-21(16-25(20)32-26(22)31)30-11-5-10-28(2)12-13-30/h7-9,14-17,19H,4-6,10-13H2,1-3H3/q+1. The molecule has 5 rings (SSSR count). The lowest BCUT2D eigenvalue weighted by Crippen LogP contribution is -2.28. The van der Waals surface area contributed by atoms with Gasteiger partial charge in [-0.3, -0.25) is 0 Å². The SMILES string of the molecule is CC1=CC2CCC=C(c3cc4ccc(N5CCCN(C)CC5)cc4oc3=O)N=C2C=[N+]1C. The Hall–Kier alpha value is -2.99. The van der Waals surface area contributed by atoms with Crippen LogP contribution in [0.5, 0.6) is 0 Å². The fourth-order valence-electron chi connectivity index (χ4n) is 4.77. The highest BCUT2D eigenvalue weighted by molar-refractivity contribution is 6.32. The van der Waals surface area contributed by atoms with Gasteiger partial charge in [0, 0.05) is 49.6 Å². The van der Waals surface area contributed by atoms with Crippen LogP contribution in [0.2, 0.25) is 0 Å². The molecule has 2 aromatic rings. The third-order valence-corrected chi connectivity index (χ3v) is 6.85. The Balaban J connectivity index is 1.49. The van der Waals surface area contributed by atoms with E-state index in [1.54, 1.807) is 0 Å². The Morgan fingerprint density at radius 1 is 1.16 bits per heavy atom. The molecule has 0 aliphatic carbocycles. The van der Waals surface area contributed by atoms with E-state index < -0.39 is 0 Å². The summed E-state index contributed by atoms with van der Waals surface area (Å²) in [5.41, 5.74) is 4.92. The Morgan fingerprint density at radius 2 is 2.03 bits per heavy atom. The molecule has 0 amide bonds. The summed E-state index contributed by atoms with van der Waals surface area (Å²) in [6.07, 6.45) is 9.43. The molecule has 32 heavy (non-hydrogen) atoms. The lowest BCUT2D eigenvalue weighted by atomic mass is 9.95. The fraction of sp³-hybridized carbons (Fsp3) is 0.423. The van der Waals surface area contributed by atoms with Gasteiger partial charge in [0.2, 0.25) is 0 Å². The molecule has 6 nitrogen and oxygen atoms in total. The van der Waals surface area contributed by atoms with Gasteiger partial charge in [0.05, 0.1) is 11.3 Å². The van der Waals surface area contributed by atoms with Crippen molar-refractivity contribution in [1.29, 1.82) is 0 Å². The smallest absolute Gasteiger partial charge is 0.345 e. The van der Waals surface area contributed by atoms with E-state index in [0.29, 0.717) is 17.1 Å². The van der Waals surface area contributed by atoms with E-state index in [-0.39, 0.29) is 5.63 Å². The molecule has 1 unspecified atom stereocenters. The van der Waals surface area contributed by atoms with Crippen LogP contribution in [0.4, 0.5) is 5.69 Å². The number of nitrogens with zero attached hydrogens (tertiary/aromatic N) is 4. The van der Waals surface area contributed by atoms with Gasteiger partial charge in [-0.15, -0.1) is 0 Å². The molecule has 6 heteroatoms. The van der Waals surface area contributed by atoms with Crippen LogP contribution in [-0.2, 0) is 0 Å². The molecule has 1 atom stereocenters. The Morgan fingerprint density at radius 3 is 2.91 bits per heavy atom. The van der Waals surface area contributed by atoms with E-state index >= 15 is 0 Å². The van der Waals surface area contributed by atoms with Gasteiger partial charge in [0.15, 0.2) is 11.9 Å². The minimum atomic E-state index is -0.324. The number of fused-ring (bicyclic) bond motifs is 2. The van der Waals surface area contributed by atoms with E-state index in [0.717, 1.165) is 67.9 Å². The summed E-state index contributed by atoms with van der Waals surface area (Å²) in [6.45, 7) is 6.26. The molecule has 0 spiro atoms. The highest BCUT2D eigenvalue weighted by Crippen LogP contribution is 2.28. The number of benzene rings is 1. The summed E-state index contributed by atoms with van der Waals surface area (Å²) in [5, 5.41) is 0.928. The molecule has 0 N–H and O–H groups in total. The summed E-state index contributed by atoms with van der Waals surface area (Å²) in [7, 11) is 4.20. The highest BCUT2D eigenvalue weighted by atomic mass is 16.4. The van der Waals surface area contributed by atoms with Crippen LogP contribution in [0, 0.1) is 5.92 Å². The molecule has 0 bridgehead atoms. The first-order chi connectivity index (χ1) is 15.5.